The molecule has 1 heterocycles. The number of hydrogen-bond donors (Lipinski definition) is 2. The first-order valence-corrected chi connectivity index (χ1v) is 7.77. The van der Waals surface area contributed by atoms with Crippen molar-refractivity contribution in [3.8, 4) is 11.5 Å². The number of hydrogen-bond acceptors (Lipinski definition) is 7. The van der Waals surface area contributed by atoms with E-state index in [1.54, 1.807) is 26.4 Å². The van der Waals surface area contributed by atoms with Crippen molar-refractivity contribution in [1.82, 2.24) is 15.2 Å². The summed E-state index contributed by atoms with van der Waals surface area (Å²) in [6, 6.07) is 12.8. The highest BCUT2D eigenvalue weighted by Crippen LogP contribution is 2.29. The van der Waals surface area contributed by atoms with Gasteiger partial charge >= 0.3 is 0 Å². The molecule has 0 aliphatic heterocycles. The number of benzene rings is 2. The van der Waals surface area contributed by atoms with Crippen LogP contribution < -0.4 is 20.1 Å². The van der Waals surface area contributed by atoms with E-state index < -0.39 is 0 Å². The van der Waals surface area contributed by atoms with Crippen LogP contribution in [0.2, 0.25) is 5.02 Å². The monoisotopic (exact) mass is 357 g/mol. The van der Waals surface area contributed by atoms with Gasteiger partial charge in [0, 0.05) is 5.69 Å². The number of rotatable bonds is 6. The van der Waals surface area contributed by atoms with Crippen LogP contribution in [0.15, 0.2) is 48.7 Å². The maximum absolute atomic E-state index is 6.12. The average Bonchev–Trinajstić information content (AvgIpc) is 2.63. The molecule has 0 fully saturated rings. The fourth-order valence-corrected chi connectivity index (χ4v) is 2.43. The van der Waals surface area contributed by atoms with Crippen LogP contribution in [0.4, 0.5) is 23.1 Å². The first-order chi connectivity index (χ1) is 12.2. The van der Waals surface area contributed by atoms with Crippen LogP contribution in [-0.4, -0.2) is 29.4 Å². The third-order valence-corrected chi connectivity index (χ3v) is 3.63. The highest BCUT2D eigenvalue weighted by Gasteiger charge is 2.07. The standard InChI is InChI=1S/C17H16ClN5O2/c1-24-14-8-7-11(9-12(14)18)20-17-22-16(10-19-23-17)21-13-5-3-4-6-15(13)25-2/h3-10H,1-2H3,(H2,20,21,22,23). The predicted octanol–water partition coefficient (Wildman–Crippen LogP) is 4.03. The van der Waals surface area contributed by atoms with E-state index in [0.29, 0.717) is 28.3 Å². The van der Waals surface area contributed by atoms with Crippen molar-refractivity contribution in [1.29, 1.82) is 0 Å². The largest absolute Gasteiger partial charge is 0.495 e. The lowest BCUT2D eigenvalue weighted by atomic mass is 10.3. The van der Waals surface area contributed by atoms with Gasteiger partial charge in [0.25, 0.3) is 0 Å². The van der Waals surface area contributed by atoms with E-state index in [9.17, 15) is 0 Å². The van der Waals surface area contributed by atoms with Gasteiger partial charge in [-0.3, -0.25) is 0 Å². The van der Waals surface area contributed by atoms with Gasteiger partial charge < -0.3 is 20.1 Å². The maximum atomic E-state index is 6.12. The Kier molecular flexibility index (Phi) is 5.15. The number of para-hydroxylation sites is 2. The molecule has 0 aliphatic carbocycles. The fourth-order valence-electron chi connectivity index (χ4n) is 2.18. The number of nitrogens with one attached hydrogen (secondary N) is 2. The minimum Gasteiger partial charge on any atom is -0.495 e. The highest BCUT2D eigenvalue weighted by molar-refractivity contribution is 6.32. The molecule has 2 aromatic carbocycles. The normalized spacial score (nSPS) is 10.2. The zero-order chi connectivity index (χ0) is 17.6. The molecule has 3 aromatic rings. The lowest BCUT2D eigenvalue weighted by Gasteiger charge is -2.11. The van der Waals surface area contributed by atoms with Gasteiger partial charge in [0.15, 0.2) is 5.82 Å². The molecule has 0 bridgehead atoms. The van der Waals surface area contributed by atoms with Crippen LogP contribution in [0.25, 0.3) is 0 Å². The van der Waals surface area contributed by atoms with Gasteiger partial charge in [-0.25, -0.2) is 0 Å². The van der Waals surface area contributed by atoms with Crippen LogP contribution >= 0.6 is 11.6 Å². The second-order valence-electron chi connectivity index (χ2n) is 4.96. The molecule has 0 radical (unpaired) electrons. The van der Waals surface area contributed by atoms with Crippen LogP contribution in [0, 0.1) is 0 Å². The fraction of sp³-hybridized carbons (Fsp3) is 0.118. The molecular formula is C17H16ClN5O2. The Hall–Kier alpha value is -3.06. The molecule has 0 aliphatic rings. The summed E-state index contributed by atoms with van der Waals surface area (Å²) in [7, 11) is 3.17. The molecule has 0 saturated heterocycles. The zero-order valence-corrected chi connectivity index (χ0v) is 14.4. The van der Waals surface area contributed by atoms with Gasteiger partial charge in [0.2, 0.25) is 5.95 Å². The number of ether oxygens (including phenoxy) is 2. The molecule has 0 atom stereocenters. The van der Waals surface area contributed by atoms with Crippen molar-refractivity contribution in [2.75, 3.05) is 24.9 Å². The van der Waals surface area contributed by atoms with Crippen molar-refractivity contribution in [2.45, 2.75) is 0 Å². The first kappa shape index (κ1) is 16.8. The molecule has 25 heavy (non-hydrogen) atoms. The number of nitrogens with zero attached hydrogens (tertiary/aromatic N) is 3. The molecule has 0 amide bonds. The third-order valence-electron chi connectivity index (χ3n) is 3.34. The lowest BCUT2D eigenvalue weighted by Crippen LogP contribution is -2.03. The zero-order valence-electron chi connectivity index (χ0n) is 13.7. The van der Waals surface area contributed by atoms with Crippen molar-refractivity contribution in [2.24, 2.45) is 0 Å². The van der Waals surface area contributed by atoms with Gasteiger partial charge in [-0.1, -0.05) is 23.7 Å². The summed E-state index contributed by atoms with van der Waals surface area (Å²) >= 11 is 6.12. The van der Waals surface area contributed by atoms with Crippen LogP contribution in [0.5, 0.6) is 11.5 Å². The molecule has 128 valence electrons. The van der Waals surface area contributed by atoms with Gasteiger partial charge in [0.05, 0.1) is 31.1 Å². The van der Waals surface area contributed by atoms with E-state index in [-0.39, 0.29) is 0 Å². The average molecular weight is 358 g/mol. The van der Waals surface area contributed by atoms with Crippen LogP contribution in [0.3, 0.4) is 0 Å². The van der Waals surface area contributed by atoms with Gasteiger partial charge in [-0.2, -0.15) is 10.1 Å². The van der Waals surface area contributed by atoms with Crippen molar-refractivity contribution >= 4 is 34.7 Å². The minimum atomic E-state index is 0.334. The molecule has 8 heteroatoms. The summed E-state index contributed by atoms with van der Waals surface area (Å²) < 4.78 is 10.4. The summed E-state index contributed by atoms with van der Waals surface area (Å²) in [4.78, 5) is 4.39. The number of halogens is 1. The highest BCUT2D eigenvalue weighted by atomic mass is 35.5. The SMILES string of the molecule is COc1ccc(Nc2nncc(Nc3ccccc3OC)n2)cc1Cl. The summed E-state index contributed by atoms with van der Waals surface area (Å²) in [6.45, 7) is 0. The number of anilines is 4. The van der Waals surface area contributed by atoms with E-state index in [4.69, 9.17) is 21.1 Å². The second kappa shape index (κ2) is 7.67. The molecule has 0 unspecified atom stereocenters. The number of methoxy groups -OCH3 is 2. The molecule has 0 spiro atoms. The van der Waals surface area contributed by atoms with E-state index in [1.165, 1.54) is 6.20 Å². The maximum Gasteiger partial charge on any atom is 0.249 e. The quantitative estimate of drug-likeness (QED) is 0.689. The van der Waals surface area contributed by atoms with Gasteiger partial charge in [-0.15, -0.1) is 5.10 Å². The molecule has 2 N–H and O–H groups in total. The molecule has 1 aromatic heterocycles. The smallest absolute Gasteiger partial charge is 0.249 e. The summed E-state index contributed by atoms with van der Waals surface area (Å²) in [5, 5.41) is 14.6. The Morgan fingerprint density at radius 2 is 1.76 bits per heavy atom. The van der Waals surface area contributed by atoms with Gasteiger partial charge in [0.1, 0.15) is 11.5 Å². The van der Waals surface area contributed by atoms with E-state index in [2.05, 4.69) is 25.8 Å². The second-order valence-corrected chi connectivity index (χ2v) is 5.37. The van der Waals surface area contributed by atoms with Gasteiger partial charge in [-0.05, 0) is 30.3 Å². The Morgan fingerprint density at radius 1 is 0.960 bits per heavy atom. The summed E-state index contributed by atoms with van der Waals surface area (Å²) in [5.74, 6) is 2.16. The summed E-state index contributed by atoms with van der Waals surface area (Å²) in [6.07, 6.45) is 1.53. The molecule has 7 nitrogen and oxygen atoms in total. The lowest BCUT2D eigenvalue weighted by molar-refractivity contribution is 0.415. The Labute approximate surface area is 150 Å². The Morgan fingerprint density at radius 3 is 2.52 bits per heavy atom. The minimum absolute atomic E-state index is 0.334. The molecule has 3 rings (SSSR count). The number of aromatic nitrogens is 3. The van der Waals surface area contributed by atoms with Crippen molar-refractivity contribution < 1.29 is 9.47 Å². The van der Waals surface area contributed by atoms with E-state index in [0.717, 1.165) is 11.4 Å². The first-order valence-electron chi connectivity index (χ1n) is 7.40. The van der Waals surface area contributed by atoms with E-state index in [1.807, 2.05) is 30.3 Å². The van der Waals surface area contributed by atoms with Crippen molar-refractivity contribution in [3.63, 3.8) is 0 Å². The topological polar surface area (TPSA) is 81.2 Å². The molecule has 0 saturated carbocycles. The van der Waals surface area contributed by atoms with E-state index >= 15 is 0 Å². The van der Waals surface area contributed by atoms with Crippen molar-refractivity contribution in [3.05, 3.63) is 53.7 Å². The molecular weight excluding hydrogens is 342 g/mol. The van der Waals surface area contributed by atoms with Crippen LogP contribution in [0.1, 0.15) is 0 Å². The third kappa shape index (κ3) is 4.07. The van der Waals surface area contributed by atoms with Crippen LogP contribution in [-0.2, 0) is 0 Å². The Bertz CT molecular complexity index is 875. The summed E-state index contributed by atoms with van der Waals surface area (Å²) in [5.41, 5.74) is 1.51. The Balaban J connectivity index is 1.78. The predicted molar refractivity (Wildman–Crippen MR) is 97.4 cm³/mol.